The largest absolute Gasteiger partial charge is 0.302 e. The zero-order valence-corrected chi connectivity index (χ0v) is 15.1. The molecule has 1 aromatic heterocycles. The molecule has 0 bridgehead atoms. The molecule has 0 spiro atoms. The number of nitro benzene ring substituents is 1. The lowest BCUT2D eigenvalue weighted by Crippen LogP contribution is -2.05. The number of thioether (sulfide) groups is 1. The van der Waals surface area contributed by atoms with E-state index in [1.54, 1.807) is 22.8 Å². The molecule has 0 unspecified atom stereocenters. The summed E-state index contributed by atoms with van der Waals surface area (Å²) in [7, 11) is 0. The molecule has 0 aliphatic rings. The second kappa shape index (κ2) is 8.09. The Kier molecular flexibility index (Phi) is 5.60. The van der Waals surface area contributed by atoms with Crippen molar-refractivity contribution in [1.29, 1.82) is 0 Å². The fourth-order valence-corrected chi connectivity index (χ4v) is 3.42. The molecule has 1 heterocycles. The molecule has 0 aliphatic carbocycles. The first-order valence-corrected chi connectivity index (χ1v) is 9.07. The van der Waals surface area contributed by atoms with Crippen LogP contribution in [0.1, 0.15) is 17.3 Å². The van der Waals surface area contributed by atoms with Gasteiger partial charge in [0, 0.05) is 29.8 Å². The fourth-order valence-electron chi connectivity index (χ4n) is 2.53. The molecular formula is C18H15FN4O3S. The lowest BCUT2D eigenvalue weighted by molar-refractivity contribution is -0.384. The molecule has 0 atom stereocenters. The number of hydrogen-bond donors (Lipinski definition) is 0. The SMILES string of the molecule is CCn1c(SCC(=O)c2cccc([N+](=O)[O-])c2)nnc1-c1cccc(F)c1. The van der Waals surface area contributed by atoms with Gasteiger partial charge in [-0.15, -0.1) is 10.2 Å². The molecule has 27 heavy (non-hydrogen) atoms. The van der Waals surface area contributed by atoms with Gasteiger partial charge in [0.05, 0.1) is 10.7 Å². The van der Waals surface area contributed by atoms with Gasteiger partial charge in [0.2, 0.25) is 0 Å². The number of aromatic nitrogens is 3. The van der Waals surface area contributed by atoms with E-state index < -0.39 is 4.92 Å². The summed E-state index contributed by atoms with van der Waals surface area (Å²) in [4.78, 5) is 22.7. The Bertz CT molecular complexity index is 1010. The number of carbonyl (C=O) groups excluding carboxylic acids is 1. The van der Waals surface area contributed by atoms with E-state index in [0.717, 1.165) is 0 Å². The topological polar surface area (TPSA) is 90.9 Å². The number of non-ortho nitro benzene ring substituents is 1. The standard InChI is InChI=1S/C18H15FN4O3S/c1-2-22-17(13-6-3-7-14(19)9-13)20-21-18(22)27-11-16(24)12-5-4-8-15(10-12)23(25)26/h3-10H,2,11H2,1H3. The van der Waals surface area contributed by atoms with Crippen LogP contribution in [0.5, 0.6) is 0 Å². The van der Waals surface area contributed by atoms with E-state index in [4.69, 9.17) is 0 Å². The minimum absolute atomic E-state index is 0.0580. The number of nitrogens with zero attached hydrogens (tertiary/aromatic N) is 4. The average molecular weight is 386 g/mol. The summed E-state index contributed by atoms with van der Waals surface area (Å²) in [5, 5.41) is 19.6. The van der Waals surface area contributed by atoms with Gasteiger partial charge in [0.25, 0.3) is 5.69 Å². The summed E-state index contributed by atoms with van der Waals surface area (Å²) < 4.78 is 15.3. The van der Waals surface area contributed by atoms with Crippen LogP contribution in [-0.2, 0) is 6.54 Å². The fraction of sp³-hybridized carbons (Fsp3) is 0.167. The van der Waals surface area contributed by atoms with Gasteiger partial charge in [-0.25, -0.2) is 4.39 Å². The van der Waals surface area contributed by atoms with Crippen molar-refractivity contribution in [1.82, 2.24) is 14.8 Å². The predicted molar refractivity (Wildman–Crippen MR) is 99.2 cm³/mol. The summed E-state index contributed by atoms with van der Waals surface area (Å²) in [6, 6.07) is 11.7. The number of halogens is 1. The van der Waals surface area contributed by atoms with Crippen molar-refractivity contribution in [3.63, 3.8) is 0 Å². The van der Waals surface area contributed by atoms with Gasteiger partial charge in [-0.1, -0.05) is 36.0 Å². The molecule has 0 amide bonds. The van der Waals surface area contributed by atoms with E-state index in [9.17, 15) is 19.3 Å². The van der Waals surface area contributed by atoms with Crippen LogP contribution in [0.3, 0.4) is 0 Å². The van der Waals surface area contributed by atoms with Crippen LogP contribution in [-0.4, -0.2) is 31.2 Å². The van der Waals surface area contributed by atoms with Gasteiger partial charge in [-0.3, -0.25) is 14.9 Å². The predicted octanol–water partition coefficient (Wildman–Crippen LogP) is 3.99. The number of benzene rings is 2. The first-order chi connectivity index (χ1) is 13.0. The highest BCUT2D eigenvalue weighted by atomic mass is 32.2. The van der Waals surface area contributed by atoms with Crippen LogP contribution in [0.15, 0.2) is 53.7 Å². The third-order valence-corrected chi connectivity index (χ3v) is 4.79. The van der Waals surface area contributed by atoms with Crippen molar-refractivity contribution in [2.45, 2.75) is 18.6 Å². The van der Waals surface area contributed by atoms with Crippen LogP contribution in [0.2, 0.25) is 0 Å². The van der Waals surface area contributed by atoms with E-state index in [-0.39, 0.29) is 28.6 Å². The molecule has 9 heteroatoms. The van der Waals surface area contributed by atoms with Crippen molar-refractivity contribution in [3.8, 4) is 11.4 Å². The van der Waals surface area contributed by atoms with Crippen LogP contribution >= 0.6 is 11.8 Å². The molecule has 0 radical (unpaired) electrons. The first kappa shape index (κ1) is 18.7. The van der Waals surface area contributed by atoms with E-state index in [1.807, 2.05) is 6.92 Å². The zero-order valence-electron chi connectivity index (χ0n) is 14.3. The molecule has 3 rings (SSSR count). The highest BCUT2D eigenvalue weighted by Crippen LogP contribution is 2.25. The zero-order chi connectivity index (χ0) is 19.4. The van der Waals surface area contributed by atoms with Crippen molar-refractivity contribution < 1.29 is 14.1 Å². The first-order valence-electron chi connectivity index (χ1n) is 8.09. The van der Waals surface area contributed by atoms with Crippen LogP contribution in [0.4, 0.5) is 10.1 Å². The number of nitro groups is 1. The van der Waals surface area contributed by atoms with Crippen molar-refractivity contribution >= 4 is 23.2 Å². The van der Waals surface area contributed by atoms with Gasteiger partial charge in [-0.2, -0.15) is 0 Å². The smallest absolute Gasteiger partial charge is 0.270 e. The van der Waals surface area contributed by atoms with Gasteiger partial charge >= 0.3 is 0 Å². The van der Waals surface area contributed by atoms with Crippen molar-refractivity contribution in [2.24, 2.45) is 0 Å². The highest BCUT2D eigenvalue weighted by molar-refractivity contribution is 7.99. The Hall–Kier alpha value is -3.07. The quantitative estimate of drug-likeness (QED) is 0.264. The summed E-state index contributed by atoms with van der Waals surface area (Å²) >= 11 is 1.18. The Balaban J connectivity index is 1.78. The second-order valence-corrected chi connectivity index (χ2v) is 6.52. The molecular weight excluding hydrogens is 371 g/mol. The molecule has 7 nitrogen and oxygen atoms in total. The highest BCUT2D eigenvalue weighted by Gasteiger charge is 2.17. The van der Waals surface area contributed by atoms with Crippen molar-refractivity contribution in [2.75, 3.05) is 5.75 Å². The van der Waals surface area contributed by atoms with Gasteiger partial charge in [0.15, 0.2) is 16.8 Å². The number of ketones is 1. The molecule has 138 valence electrons. The maximum atomic E-state index is 13.5. The maximum Gasteiger partial charge on any atom is 0.270 e. The van der Waals surface area contributed by atoms with Crippen LogP contribution in [0.25, 0.3) is 11.4 Å². The molecule has 3 aromatic rings. The van der Waals surface area contributed by atoms with E-state index in [2.05, 4.69) is 10.2 Å². The van der Waals surface area contributed by atoms with Crippen LogP contribution < -0.4 is 0 Å². The Morgan fingerprint density at radius 3 is 2.70 bits per heavy atom. The van der Waals surface area contributed by atoms with Crippen LogP contribution in [0, 0.1) is 15.9 Å². The second-order valence-electron chi connectivity index (χ2n) is 5.58. The third kappa shape index (κ3) is 4.20. The summed E-state index contributed by atoms with van der Waals surface area (Å²) in [6.45, 7) is 2.45. The third-order valence-electron chi connectivity index (χ3n) is 3.83. The lowest BCUT2D eigenvalue weighted by atomic mass is 10.1. The minimum Gasteiger partial charge on any atom is -0.302 e. The Morgan fingerprint density at radius 2 is 2.00 bits per heavy atom. The number of hydrogen-bond acceptors (Lipinski definition) is 6. The number of rotatable bonds is 7. The molecule has 0 aliphatic heterocycles. The summed E-state index contributed by atoms with van der Waals surface area (Å²) in [5.74, 6) is -0.0419. The van der Waals surface area contributed by atoms with Gasteiger partial charge in [-0.05, 0) is 19.1 Å². The molecule has 0 N–H and O–H groups in total. The molecule has 0 saturated carbocycles. The summed E-state index contributed by atoms with van der Waals surface area (Å²) in [5.41, 5.74) is 0.738. The normalized spacial score (nSPS) is 10.7. The summed E-state index contributed by atoms with van der Waals surface area (Å²) in [6.07, 6.45) is 0. The Morgan fingerprint density at radius 1 is 1.22 bits per heavy atom. The van der Waals surface area contributed by atoms with E-state index in [1.165, 1.54) is 42.1 Å². The average Bonchev–Trinajstić information content (AvgIpc) is 3.09. The minimum atomic E-state index is -0.539. The maximum absolute atomic E-state index is 13.5. The molecule has 0 saturated heterocycles. The number of carbonyl (C=O) groups is 1. The van der Waals surface area contributed by atoms with E-state index >= 15 is 0 Å². The Labute approximate surface area is 158 Å². The molecule has 2 aromatic carbocycles. The monoisotopic (exact) mass is 386 g/mol. The van der Waals surface area contributed by atoms with E-state index in [0.29, 0.717) is 23.1 Å². The molecule has 0 fully saturated rings. The number of Topliss-reactive ketones (excluding diaryl/α,β-unsaturated/α-hetero) is 1. The van der Waals surface area contributed by atoms with Crippen molar-refractivity contribution in [3.05, 3.63) is 70.0 Å². The van der Waals surface area contributed by atoms with Gasteiger partial charge < -0.3 is 4.57 Å². The lowest BCUT2D eigenvalue weighted by Gasteiger charge is -2.07. The van der Waals surface area contributed by atoms with Gasteiger partial charge in [0.1, 0.15) is 5.82 Å².